The SMILES string of the molecule is BrCc1ccc2cncc(Br)c2c1.CC(C)(C)OC(=O)CCCCO.CC(C)(C)OC(=O)CCCCOCc1ccc2cncc(Br)c2c1. The molecule has 0 fully saturated rings. The molecular formula is C38H49Br3N2O6. The number of pyridine rings is 2. The summed E-state index contributed by atoms with van der Waals surface area (Å²) in [6.45, 7) is 12.5. The van der Waals surface area contributed by atoms with Gasteiger partial charge in [0.25, 0.3) is 0 Å². The third kappa shape index (κ3) is 17.9. The van der Waals surface area contributed by atoms with E-state index >= 15 is 0 Å². The lowest BCUT2D eigenvalue weighted by Gasteiger charge is -2.19. The monoisotopic (exact) mass is 866 g/mol. The van der Waals surface area contributed by atoms with Crippen molar-refractivity contribution in [1.29, 1.82) is 0 Å². The molecule has 0 saturated carbocycles. The summed E-state index contributed by atoms with van der Waals surface area (Å²) >= 11 is 10.4. The van der Waals surface area contributed by atoms with Crippen molar-refractivity contribution in [3.05, 3.63) is 81.3 Å². The maximum atomic E-state index is 11.6. The fourth-order valence-corrected chi connectivity index (χ4v) is 5.63. The molecule has 4 rings (SSSR count). The van der Waals surface area contributed by atoms with Crippen molar-refractivity contribution in [3.63, 3.8) is 0 Å². The summed E-state index contributed by atoms with van der Waals surface area (Å²) in [5.74, 6) is -0.327. The Morgan fingerprint density at radius 1 is 0.694 bits per heavy atom. The molecule has 0 unspecified atom stereocenters. The summed E-state index contributed by atoms with van der Waals surface area (Å²) in [6, 6.07) is 12.6. The highest BCUT2D eigenvalue weighted by molar-refractivity contribution is 9.11. The lowest BCUT2D eigenvalue weighted by atomic mass is 10.1. The van der Waals surface area contributed by atoms with Crippen molar-refractivity contribution >= 4 is 81.3 Å². The van der Waals surface area contributed by atoms with Gasteiger partial charge in [0.15, 0.2) is 0 Å². The Bertz CT molecular complexity index is 1620. The molecule has 49 heavy (non-hydrogen) atoms. The number of ether oxygens (including phenoxy) is 3. The van der Waals surface area contributed by atoms with Gasteiger partial charge < -0.3 is 19.3 Å². The minimum atomic E-state index is -0.409. The lowest BCUT2D eigenvalue weighted by Crippen LogP contribution is -2.23. The summed E-state index contributed by atoms with van der Waals surface area (Å²) in [5, 5.41) is 14.0. The van der Waals surface area contributed by atoms with Crippen molar-refractivity contribution in [2.75, 3.05) is 13.2 Å². The Morgan fingerprint density at radius 2 is 1.16 bits per heavy atom. The first-order valence-corrected chi connectivity index (χ1v) is 19.0. The van der Waals surface area contributed by atoms with Gasteiger partial charge in [0.05, 0.1) is 6.61 Å². The van der Waals surface area contributed by atoms with Gasteiger partial charge in [-0.2, -0.15) is 0 Å². The van der Waals surface area contributed by atoms with Crippen LogP contribution in [0.5, 0.6) is 0 Å². The van der Waals surface area contributed by atoms with Crippen LogP contribution < -0.4 is 0 Å². The number of aliphatic hydroxyl groups is 1. The van der Waals surface area contributed by atoms with E-state index in [4.69, 9.17) is 19.3 Å². The number of halogens is 3. The van der Waals surface area contributed by atoms with E-state index in [-0.39, 0.29) is 18.5 Å². The van der Waals surface area contributed by atoms with Crippen LogP contribution in [0.2, 0.25) is 0 Å². The highest BCUT2D eigenvalue weighted by atomic mass is 79.9. The first-order valence-electron chi connectivity index (χ1n) is 16.3. The molecule has 0 spiro atoms. The minimum absolute atomic E-state index is 0.142. The van der Waals surface area contributed by atoms with Crippen LogP contribution in [-0.4, -0.2) is 51.4 Å². The molecular weight excluding hydrogens is 820 g/mol. The summed E-state index contributed by atoms with van der Waals surface area (Å²) in [4.78, 5) is 30.9. The number of carbonyl (C=O) groups excluding carboxylic acids is 2. The average Bonchev–Trinajstić information content (AvgIpc) is 3.02. The van der Waals surface area contributed by atoms with Gasteiger partial charge in [0.1, 0.15) is 11.2 Å². The maximum Gasteiger partial charge on any atom is 0.306 e. The molecule has 4 aromatic rings. The van der Waals surface area contributed by atoms with Crippen molar-refractivity contribution < 1.29 is 28.9 Å². The number of rotatable bonds is 12. The first kappa shape index (κ1) is 42.7. The summed E-state index contributed by atoms with van der Waals surface area (Å²) in [5.41, 5.74) is 1.60. The van der Waals surface area contributed by atoms with Crippen LogP contribution in [0.1, 0.15) is 91.2 Å². The number of carbonyl (C=O) groups is 2. The Hall–Kier alpha value is -2.44. The van der Waals surface area contributed by atoms with Gasteiger partial charge in [0, 0.05) is 75.9 Å². The average molecular weight is 870 g/mol. The number of benzene rings is 2. The third-order valence-electron chi connectivity index (χ3n) is 6.52. The normalized spacial score (nSPS) is 11.3. The molecule has 0 aliphatic carbocycles. The molecule has 0 amide bonds. The topological polar surface area (TPSA) is 108 Å². The number of hydrogen-bond donors (Lipinski definition) is 1. The fraction of sp³-hybridized carbons (Fsp3) is 0.474. The number of aliphatic hydroxyl groups excluding tert-OH is 1. The van der Waals surface area contributed by atoms with Crippen molar-refractivity contribution in [1.82, 2.24) is 9.97 Å². The van der Waals surface area contributed by atoms with Crippen LogP contribution in [0, 0.1) is 0 Å². The molecule has 2 aromatic carbocycles. The van der Waals surface area contributed by atoms with Gasteiger partial charge in [-0.15, -0.1) is 0 Å². The quantitative estimate of drug-likeness (QED) is 0.0852. The third-order valence-corrected chi connectivity index (χ3v) is 8.44. The molecule has 0 saturated heterocycles. The van der Waals surface area contributed by atoms with Crippen LogP contribution in [0.3, 0.4) is 0 Å². The van der Waals surface area contributed by atoms with Gasteiger partial charge >= 0.3 is 11.9 Å². The zero-order valence-corrected chi connectivity index (χ0v) is 34.1. The summed E-state index contributed by atoms with van der Waals surface area (Å²) < 4.78 is 18.1. The van der Waals surface area contributed by atoms with Crippen LogP contribution >= 0.6 is 47.8 Å². The Morgan fingerprint density at radius 3 is 1.63 bits per heavy atom. The number of esters is 2. The Balaban J connectivity index is 0.000000281. The van der Waals surface area contributed by atoms with Gasteiger partial charge in [-0.05, 0) is 133 Å². The van der Waals surface area contributed by atoms with Crippen LogP contribution in [0.4, 0.5) is 0 Å². The van der Waals surface area contributed by atoms with Crippen LogP contribution in [-0.2, 0) is 35.7 Å². The van der Waals surface area contributed by atoms with Crippen LogP contribution in [0.15, 0.2) is 70.1 Å². The molecule has 8 nitrogen and oxygen atoms in total. The van der Waals surface area contributed by atoms with Crippen molar-refractivity contribution in [2.45, 2.75) is 103 Å². The smallest absolute Gasteiger partial charge is 0.306 e. The van der Waals surface area contributed by atoms with E-state index < -0.39 is 11.2 Å². The second-order valence-electron chi connectivity index (χ2n) is 13.4. The highest BCUT2D eigenvalue weighted by Crippen LogP contribution is 2.25. The van der Waals surface area contributed by atoms with Crippen molar-refractivity contribution in [3.8, 4) is 0 Å². The zero-order valence-electron chi connectivity index (χ0n) is 29.4. The molecule has 0 aliphatic rings. The number of alkyl halides is 1. The zero-order chi connectivity index (χ0) is 36.5. The first-order chi connectivity index (χ1) is 23.1. The van der Waals surface area contributed by atoms with E-state index in [0.717, 1.165) is 43.5 Å². The number of unbranched alkanes of at least 4 members (excludes halogenated alkanes) is 2. The maximum absolute atomic E-state index is 11.6. The van der Waals surface area contributed by atoms with Gasteiger partial charge in [-0.25, -0.2) is 0 Å². The van der Waals surface area contributed by atoms with Gasteiger partial charge in [-0.1, -0.05) is 40.2 Å². The highest BCUT2D eigenvalue weighted by Gasteiger charge is 2.16. The van der Waals surface area contributed by atoms with Gasteiger partial charge in [-0.3, -0.25) is 19.6 Å². The molecule has 0 atom stereocenters. The largest absolute Gasteiger partial charge is 0.460 e. The molecule has 1 N–H and O–H groups in total. The molecule has 0 bridgehead atoms. The molecule has 11 heteroatoms. The molecule has 268 valence electrons. The molecule has 0 aliphatic heterocycles. The predicted molar refractivity (Wildman–Crippen MR) is 208 cm³/mol. The summed E-state index contributed by atoms with van der Waals surface area (Å²) in [7, 11) is 0. The molecule has 0 radical (unpaired) electrons. The lowest BCUT2D eigenvalue weighted by molar-refractivity contribution is -0.156. The molecule has 2 heterocycles. The fourth-order valence-electron chi connectivity index (χ4n) is 4.35. The standard InChI is InChI=1S/C19H24BrNO3.C10H7Br2N.C9H18O3/c1-19(2,3)24-18(22)6-4-5-9-23-13-14-7-8-15-11-21-12-17(20)16(15)10-14;11-4-7-1-2-8-5-13-6-10(12)9(8)3-7;1-9(2,3)12-8(11)6-4-5-7-10/h7-8,10-12H,4-6,9,13H2,1-3H3;1-3,5-6H,4H2;10H,4-7H2,1-3H3. The minimum Gasteiger partial charge on any atom is -0.460 e. The number of nitrogens with zero attached hydrogens (tertiary/aromatic N) is 2. The molecule has 2 aromatic heterocycles. The van der Waals surface area contributed by atoms with E-state index in [1.165, 1.54) is 16.3 Å². The number of fused-ring (bicyclic) bond motifs is 2. The van der Waals surface area contributed by atoms with Gasteiger partial charge in [0.2, 0.25) is 0 Å². The van der Waals surface area contributed by atoms with E-state index in [1.807, 2.05) is 66.2 Å². The second-order valence-corrected chi connectivity index (χ2v) is 15.6. The Labute approximate surface area is 316 Å². The Kier molecular flexibility index (Phi) is 18.9. The number of hydrogen-bond acceptors (Lipinski definition) is 8. The van der Waals surface area contributed by atoms with Crippen LogP contribution in [0.25, 0.3) is 21.5 Å². The second kappa shape index (κ2) is 21.7. The number of aromatic nitrogens is 2. The van der Waals surface area contributed by atoms with Crippen molar-refractivity contribution in [2.24, 2.45) is 0 Å². The predicted octanol–water partition coefficient (Wildman–Crippen LogP) is 10.4. The van der Waals surface area contributed by atoms with E-state index in [9.17, 15) is 9.59 Å². The van der Waals surface area contributed by atoms with E-state index in [0.29, 0.717) is 38.9 Å². The summed E-state index contributed by atoms with van der Waals surface area (Å²) in [6.07, 6.45) is 11.2. The van der Waals surface area contributed by atoms with E-state index in [1.54, 1.807) is 6.20 Å². The van der Waals surface area contributed by atoms with E-state index in [2.05, 4.69) is 88.1 Å².